The summed E-state index contributed by atoms with van der Waals surface area (Å²) in [5, 5.41) is 6.22. The van der Waals surface area contributed by atoms with Gasteiger partial charge in [0, 0.05) is 19.1 Å². The van der Waals surface area contributed by atoms with E-state index in [4.69, 9.17) is 4.74 Å². The summed E-state index contributed by atoms with van der Waals surface area (Å²) in [6.07, 6.45) is 3.37. The Morgan fingerprint density at radius 3 is 2.59 bits per heavy atom. The van der Waals surface area contributed by atoms with Gasteiger partial charge in [-0.2, -0.15) is 0 Å². The average molecular weight is 240 g/mol. The van der Waals surface area contributed by atoms with E-state index in [0.29, 0.717) is 11.5 Å². The zero-order chi connectivity index (χ0) is 12.5. The minimum atomic E-state index is -0.133. The van der Waals surface area contributed by atoms with Gasteiger partial charge in [-0.25, -0.2) is 0 Å². The zero-order valence-electron chi connectivity index (χ0n) is 11.1. The molecule has 17 heavy (non-hydrogen) atoms. The molecule has 0 spiro atoms. The largest absolute Gasteiger partial charge is 0.363 e. The number of amides is 1. The number of hydrogen-bond acceptors (Lipinski definition) is 3. The van der Waals surface area contributed by atoms with E-state index in [1.54, 1.807) is 0 Å². The van der Waals surface area contributed by atoms with E-state index in [2.05, 4.69) is 24.5 Å². The molecule has 1 heterocycles. The Morgan fingerprint density at radius 1 is 1.41 bits per heavy atom. The lowest BCUT2D eigenvalue weighted by Crippen LogP contribution is -2.59. The standard InChI is InChI=1S/C13H24N2O2/c1-12(2)5-4-10(6-12)15-11(16)7-17-13(3)8-14-9-13/h10,14H,4-9H2,1-3H3,(H,15,16). The van der Waals surface area contributed by atoms with Crippen LogP contribution in [0.5, 0.6) is 0 Å². The van der Waals surface area contributed by atoms with E-state index < -0.39 is 0 Å². The van der Waals surface area contributed by atoms with Crippen LogP contribution in [0.3, 0.4) is 0 Å². The van der Waals surface area contributed by atoms with Crippen LogP contribution in [0.15, 0.2) is 0 Å². The van der Waals surface area contributed by atoms with Crippen molar-refractivity contribution in [3.8, 4) is 0 Å². The number of nitrogens with one attached hydrogen (secondary N) is 2. The fourth-order valence-electron chi connectivity index (χ4n) is 2.65. The molecule has 2 aliphatic rings. The van der Waals surface area contributed by atoms with Crippen LogP contribution >= 0.6 is 0 Å². The second kappa shape index (κ2) is 4.58. The van der Waals surface area contributed by atoms with Gasteiger partial charge in [0.05, 0.1) is 5.60 Å². The van der Waals surface area contributed by atoms with E-state index in [1.165, 1.54) is 6.42 Å². The number of carbonyl (C=O) groups is 1. The van der Waals surface area contributed by atoms with Crippen molar-refractivity contribution in [3.63, 3.8) is 0 Å². The van der Waals surface area contributed by atoms with Crippen LogP contribution in [0.2, 0.25) is 0 Å². The van der Waals surface area contributed by atoms with Crippen LogP contribution in [-0.2, 0) is 9.53 Å². The Bertz CT molecular complexity index is 298. The fraction of sp³-hybridized carbons (Fsp3) is 0.923. The molecule has 4 nitrogen and oxygen atoms in total. The summed E-state index contributed by atoms with van der Waals surface area (Å²) in [4.78, 5) is 11.7. The first-order valence-corrected chi connectivity index (χ1v) is 6.53. The molecule has 0 radical (unpaired) electrons. The first-order valence-electron chi connectivity index (χ1n) is 6.53. The molecule has 4 heteroatoms. The summed E-state index contributed by atoms with van der Waals surface area (Å²) in [7, 11) is 0. The highest BCUT2D eigenvalue weighted by molar-refractivity contribution is 5.77. The normalized spacial score (nSPS) is 29.7. The lowest BCUT2D eigenvalue weighted by atomic mass is 9.92. The molecule has 0 aromatic heterocycles. The molecular weight excluding hydrogens is 216 g/mol. The van der Waals surface area contributed by atoms with Crippen molar-refractivity contribution < 1.29 is 9.53 Å². The minimum absolute atomic E-state index is 0.0285. The third-order valence-electron chi connectivity index (χ3n) is 3.88. The second-order valence-electron chi connectivity index (χ2n) is 6.51. The van der Waals surface area contributed by atoms with Crippen LogP contribution < -0.4 is 10.6 Å². The highest BCUT2D eigenvalue weighted by atomic mass is 16.5. The molecule has 1 saturated carbocycles. The smallest absolute Gasteiger partial charge is 0.246 e. The van der Waals surface area contributed by atoms with Gasteiger partial charge in [0.2, 0.25) is 5.91 Å². The maximum absolute atomic E-state index is 11.7. The van der Waals surface area contributed by atoms with Crippen molar-refractivity contribution in [3.05, 3.63) is 0 Å². The van der Waals surface area contributed by atoms with Crippen LogP contribution in [-0.4, -0.2) is 37.2 Å². The summed E-state index contributed by atoms with van der Waals surface area (Å²) in [6.45, 7) is 8.44. The number of rotatable bonds is 4. The van der Waals surface area contributed by atoms with E-state index in [-0.39, 0.29) is 18.1 Å². The quantitative estimate of drug-likeness (QED) is 0.772. The van der Waals surface area contributed by atoms with E-state index in [0.717, 1.165) is 25.9 Å². The molecule has 1 atom stereocenters. The van der Waals surface area contributed by atoms with Crippen molar-refractivity contribution in [1.29, 1.82) is 0 Å². The molecule has 2 N–H and O–H groups in total. The summed E-state index contributed by atoms with van der Waals surface area (Å²) in [5.74, 6) is 0.0285. The summed E-state index contributed by atoms with van der Waals surface area (Å²) < 4.78 is 5.61. The van der Waals surface area contributed by atoms with Gasteiger partial charge in [-0.15, -0.1) is 0 Å². The van der Waals surface area contributed by atoms with E-state index >= 15 is 0 Å². The van der Waals surface area contributed by atoms with Crippen LogP contribution in [0.25, 0.3) is 0 Å². The van der Waals surface area contributed by atoms with Gasteiger partial charge in [-0.05, 0) is 31.6 Å². The molecule has 98 valence electrons. The molecule has 0 aromatic carbocycles. The Hall–Kier alpha value is -0.610. The Balaban J connectivity index is 1.67. The first kappa shape index (κ1) is 12.8. The second-order valence-corrected chi connectivity index (χ2v) is 6.51. The van der Waals surface area contributed by atoms with Crippen LogP contribution in [0.4, 0.5) is 0 Å². The van der Waals surface area contributed by atoms with Gasteiger partial charge in [-0.3, -0.25) is 4.79 Å². The number of ether oxygens (including phenoxy) is 1. The van der Waals surface area contributed by atoms with Crippen LogP contribution in [0, 0.1) is 5.41 Å². The molecule has 1 amide bonds. The first-order chi connectivity index (χ1) is 7.89. The highest BCUT2D eigenvalue weighted by Gasteiger charge is 2.34. The van der Waals surface area contributed by atoms with E-state index in [9.17, 15) is 4.79 Å². The Morgan fingerprint density at radius 2 is 2.12 bits per heavy atom. The van der Waals surface area contributed by atoms with Gasteiger partial charge in [-0.1, -0.05) is 13.8 Å². The third-order valence-corrected chi connectivity index (χ3v) is 3.88. The molecule has 1 aliphatic carbocycles. The van der Waals surface area contributed by atoms with Crippen molar-refractivity contribution >= 4 is 5.91 Å². The molecule has 1 saturated heterocycles. The molecule has 2 rings (SSSR count). The van der Waals surface area contributed by atoms with Crippen molar-refractivity contribution in [2.75, 3.05) is 19.7 Å². The molecule has 1 unspecified atom stereocenters. The van der Waals surface area contributed by atoms with Crippen molar-refractivity contribution in [2.24, 2.45) is 5.41 Å². The predicted octanol–water partition coefficient (Wildman–Crippen LogP) is 1.06. The van der Waals surface area contributed by atoms with Gasteiger partial charge in [0.25, 0.3) is 0 Å². The summed E-state index contributed by atoms with van der Waals surface area (Å²) >= 11 is 0. The fourth-order valence-corrected chi connectivity index (χ4v) is 2.65. The predicted molar refractivity (Wildman–Crippen MR) is 66.8 cm³/mol. The van der Waals surface area contributed by atoms with Crippen LogP contribution in [0.1, 0.15) is 40.0 Å². The molecule has 2 fully saturated rings. The number of hydrogen-bond donors (Lipinski definition) is 2. The summed E-state index contributed by atoms with van der Waals surface area (Å²) in [5.41, 5.74) is 0.245. The van der Waals surface area contributed by atoms with Gasteiger partial charge in [0.15, 0.2) is 0 Å². The molecule has 1 aliphatic heterocycles. The Kier molecular flexibility index (Phi) is 3.46. The number of carbonyl (C=O) groups excluding carboxylic acids is 1. The maximum Gasteiger partial charge on any atom is 0.246 e. The molecule has 0 bridgehead atoms. The average Bonchev–Trinajstić information content (AvgIpc) is 2.52. The minimum Gasteiger partial charge on any atom is -0.363 e. The third kappa shape index (κ3) is 3.42. The maximum atomic E-state index is 11.7. The Labute approximate surface area is 103 Å². The SMILES string of the molecule is CC1(C)CCC(NC(=O)COC2(C)CNC2)C1. The van der Waals surface area contributed by atoms with Gasteiger partial charge >= 0.3 is 0 Å². The topological polar surface area (TPSA) is 50.4 Å². The monoisotopic (exact) mass is 240 g/mol. The van der Waals surface area contributed by atoms with Gasteiger partial charge < -0.3 is 15.4 Å². The lowest BCUT2D eigenvalue weighted by Gasteiger charge is -2.38. The van der Waals surface area contributed by atoms with Crippen molar-refractivity contribution in [2.45, 2.75) is 51.7 Å². The molecule has 0 aromatic rings. The van der Waals surface area contributed by atoms with E-state index in [1.807, 2.05) is 6.92 Å². The zero-order valence-corrected chi connectivity index (χ0v) is 11.1. The summed E-state index contributed by atoms with van der Waals surface area (Å²) in [6, 6.07) is 0.341. The van der Waals surface area contributed by atoms with Gasteiger partial charge in [0.1, 0.15) is 6.61 Å². The lowest BCUT2D eigenvalue weighted by molar-refractivity contribution is -0.136. The highest BCUT2D eigenvalue weighted by Crippen LogP contribution is 2.36. The molecular formula is C13H24N2O2. The van der Waals surface area contributed by atoms with Crippen molar-refractivity contribution in [1.82, 2.24) is 10.6 Å².